The number of hydrogen-bond acceptors (Lipinski definition) is 4. The molecule has 0 saturated heterocycles. The number of amides is 1. The van der Waals surface area contributed by atoms with Crippen molar-refractivity contribution < 1.29 is 23.4 Å². The SMILES string of the molecule is COCCOCC(=O)N1CCOc2cc(F)ccc21. The molecule has 0 spiro atoms. The molecular weight excluding hydrogens is 253 g/mol. The van der Waals surface area contributed by atoms with Gasteiger partial charge in [0.05, 0.1) is 25.4 Å². The van der Waals surface area contributed by atoms with Crippen molar-refractivity contribution in [1.82, 2.24) is 0 Å². The number of halogens is 1. The first kappa shape index (κ1) is 13.8. The van der Waals surface area contributed by atoms with Crippen molar-refractivity contribution in [1.29, 1.82) is 0 Å². The van der Waals surface area contributed by atoms with Gasteiger partial charge in [0.1, 0.15) is 24.8 Å². The molecule has 0 aliphatic carbocycles. The van der Waals surface area contributed by atoms with Crippen molar-refractivity contribution in [3.05, 3.63) is 24.0 Å². The van der Waals surface area contributed by atoms with Crippen LogP contribution in [0.4, 0.5) is 10.1 Å². The van der Waals surface area contributed by atoms with Crippen LogP contribution in [-0.4, -0.2) is 46.0 Å². The molecule has 1 aromatic rings. The van der Waals surface area contributed by atoms with Gasteiger partial charge in [0.15, 0.2) is 0 Å². The maximum atomic E-state index is 13.1. The second-order valence-electron chi connectivity index (χ2n) is 4.05. The lowest BCUT2D eigenvalue weighted by molar-refractivity contribution is -0.123. The van der Waals surface area contributed by atoms with Crippen LogP contribution >= 0.6 is 0 Å². The topological polar surface area (TPSA) is 48.0 Å². The zero-order valence-electron chi connectivity index (χ0n) is 10.7. The minimum Gasteiger partial charge on any atom is -0.489 e. The fourth-order valence-corrected chi connectivity index (χ4v) is 1.83. The average Bonchev–Trinajstić information content (AvgIpc) is 2.42. The molecule has 0 unspecified atom stereocenters. The number of carbonyl (C=O) groups excluding carboxylic acids is 1. The van der Waals surface area contributed by atoms with E-state index in [9.17, 15) is 9.18 Å². The van der Waals surface area contributed by atoms with Crippen LogP contribution in [0.25, 0.3) is 0 Å². The molecule has 0 N–H and O–H groups in total. The summed E-state index contributed by atoms with van der Waals surface area (Å²) in [5, 5.41) is 0. The summed E-state index contributed by atoms with van der Waals surface area (Å²) in [6, 6.07) is 4.12. The van der Waals surface area contributed by atoms with Crippen molar-refractivity contribution >= 4 is 11.6 Å². The second-order valence-corrected chi connectivity index (χ2v) is 4.05. The van der Waals surface area contributed by atoms with Gasteiger partial charge < -0.3 is 19.1 Å². The Morgan fingerprint density at radius 3 is 3.11 bits per heavy atom. The van der Waals surface area contributed by atoms with Gasteiger partial charge in [-0.1, -0.05) is 0 Å². The normalized spacial score (nSPS) is 13.9. The van der Waals surface area contributed by atoms with Crippen molar-refractivity contribution in [3.63, 3.8) is 0 Å². The van der Waals surface area contributed by atoms with Crippen molar-refractivity contribution in [2.45, 2.75) is 0 Å². The first-order valence-corrected chi connectivity index (χ1v) is 6.02. The Morgan fingerprint density at radius 1 is 1.47 bits per heavy atom. The molecule has 104 valence electrons. The smallest absolute Gasteiger partial charge is 0.253 e. The highest BCUT2D eigenvalue weighted by Gasteiger charge is 2.23. The van der Waals surface area contributed by atoms with E-state index in [2.05, 4.69) is 0 Å². The molecule has 0 fully saturated rings. The summed E-state index contributed by atoms with van der Waals surface area (Å²) in [6.07, 6.45) is 0. The van der Waals surface area contributed by atoms with E-state index in [1.165, 1.54) is 18.2 Å². The van der Waals surface area contributed by atoms with Gasteiger partial charge in [0.2, 0.25) is 0 Å². The van der Waals surface area contributed by atoms with Gasteiger partial charge in [0.25, 0.3) is 5.91 Å². The molecule has 2 rings (SSSR count). The minimum absolute atomic E-state index is 0.0276. The Morgan fingerprint density at radius 2 is 2.32 bits per heavy atom. The van der Waals surface area contributed by atoms with E-state index < -0.39 is 0 Å². The fraction of sp³-hybridized carbons (Fsp3) is 0.462. The lowest BCUT2D eigenvalue weighted by Gasteiger charge is -2.29. The first-order chi connectivity index (χ1) is 9.22. The number of anilines is 1. The molecule has 19 heavy (non-hydrogen) atoms. The maximum Gasteiger partial charge on any atom is 0.253 e. The number of hydrogen-bond donors (Lipinski definition) is 0. The Balaban J connectivity index is 2.00. The molecular formula is C13H16FNO4. The molecule has 6 heteroatoms. The standard InChI is InChI=1S/C13H16FNO4/c1-17-6-7-18-9-13(16)15-4-5-19-12-8-10(14)2-3-11(12)15/h2-3,8H,4-7,9H2,1H3. The number of fused-ring (bicyclic) bond motifs is 1. The molecule has 1 amide bonds. The summed E-state index contributed by atoms with van der Waals surface area (Å²) in [6.45, 7) is 1.56. The third-order valence-corrected chi connectivity index (χ3v) is 2.74. The van der Waals surface area contributed by atoms with Gasteiger partial charge in [-0.15, -0.1) is 0 Å². The number of nitrogens with zero attached hydrogens (tertiary/aromatic N) is 1. The Kier molecular flexibility index (Phi) is 4.70. The summed E-state index contributed by atoms with van der Waals surface area (Å²) < 4.78 is 28.4. The average molecular weight is 269 g/mol. The van der Waals surface area contributed by atoms with Gasteiger partial charge in [-0.05, 0) is 12.1 Å². The van der Waals surface area contributed by atoms with Crippen molar-refractivity contribution in [2.75, 3.05) is 45.0 Å². The lowest BCUT2D eigenvalue weighted by atomic mass is 10.2. The quantitative estimate of drug-likeness (QED) is 0.754. The largest absolute Gasteiger partial charge is 0.489 e. The Bertz CT molecular complexity index is 452. The summed E-state index contributed by atoms with van der Waals surface area (Å²) in [5.41, 5.74) is 0.577. The Hall–Kier alpha value is -1.66. The molecule has 0 radical (unpaired) electrons. The minimum atomic E-state index is -0.385. The van der Waals surface area contributed by atoms with Crippen LogP contribution in [0.2, 0.25) is 0 Å². The van der Waals surface area contributed by atoms with E-state index in [0.29, 0.717) is 37.8 Å². The van der Waals surface area contributed by atoms with Crippen LogP contribution in [0.3, 0.4) is 0 Å². The van der Waals surface area contributed by atoms with Gasteiger partial charge in [0, 0.05) is 13.2 Å². The molecule has 1 aromatic carbocycles. The van der Waals surface area contributed by atoms with E-state index in [-0.39, 0.29) is 18.3 Å². The van der Waals surface area contributed by atoms with E-state index in [1.54, 1.807) is 12.0 Å². The summed E-state index contributed by atoms with van der Waals surface area (Å²) in [4.78, 5) is 13.6. The third kappa shape index (κ3) is 3.42. The molecule has 1 heterocycles. The van der Waals surface area contributed by atoms with Crippen molar-refractivity contribution in [2.24, 2.45) is 0 Å². The number of ether oxygens (including phenoxy) is 3. The predicted octanol–water partition coefficient (Wildman–Crippen LogP) is 1.21. The fourth-order valence-electron chi connectivity index (χ4n) is 1.83. The van der Waals surface area contributed by atoms with Gasteiger partial charge in [-0.3, -0.25) is 4.79 Å². The molecule has 1 aliphatic rings. The van der Waals surface area contributed by atoms with Gasteiger partial charge in [-0.25, -0.2) is 4.39 Å². The summed E-state index contributed by atoms with van der Waals surface area (Å²) in [5.74, 6) is -0.173. The zero-order valence-corrected chi connectivity index (χ0v) is 10.7. The van der Waals surface area contributed by atoms with E-state index in [1.807, 2.05) is 0 Å². The monoisotopic (exact) mass is 269 g/mol. The molecule has 0 aromatic heterocycles. The zero-order chi connectivity index (χ0) is 13.7. The first-order valence-electron chi connectivity index (χ1n) is 6.02. The predicted molar refractivity (Wildman–Crippen MR) is 66.9 cm³/mol. The summed E-state index contributed by atoms with van der Waals surface area (Å²) in [7, 11) is 1.57. The van der Waals surface area contributed by atoms with E-state index in [0.717, 1.165) is 0 Å². The highest BCUT2D eigenvalue weighted by atomic mass is 19.1. The summed E-state index contributed by atoms with van der Waals surface area (Å²) >= 11 is 0. The Labute approximate surface area is 110 Å². The maximum absolute atomic E-state index is 13.1. The van der Waals surface area contributed by atoms with Crippen LogP contribution in [0.1, 0.15) is 0 Å². The number of methoxy groups -OCH3 is 1. The third-order valence-electron chi connectivity index (χ3n) is 2.74. The number of carbonyl (C=O) groups is 1. The van der Waals surface area contributed by atoms with Crippen LogP contribution in [-0.2, 0) is 14.3 Å². The molecule has 0 bridgehead atoms. The van der Waals surface area contributed by atoms with Gasteiger partial charge in [-0.2, -0.15) is 0 Å². The van der Waals surface area contributed by atoms with Gasteiger partial charge >= 0.3 is 0 Å². The lowest BCUT2D eigenvalue weighted by Crippen LogP contribution is -2.40. The molecule has 0 atom stereocenters. The van der Waals surface area contributed by atoms with Crippen LogP contribution in [0.15, 0.2) is 18.2 Å². The van der Waals surface area contributed by atoms with Crippen LogP contribution < -0.4 is 9.64 Å². The van der Waals surface area contributed by atoms with E-state index >= 15 is 0 Å². The van der Waals surface area contributed by atoms with E-state index in [4.69, 9.17) is 14.2 Å². The number of rotatable bonds is 5. The molecule has 1 aliphatic heterocycles. The van der Waals surface area contributed by atoms with Crippen LogP contribution in [0, 0.1) is 5.82 Å². The number of benzene rings is 1. The van der Waals surface area contributed by atoms with Crippen molar-refractivity contribution in [3.8, 4) is 5.75 Å². The van der Waals surface area contributed by atoms with Crippen LogP contribution in [0.5, 0.6) is 5.75 Å². The molecule has 0 saturated carbocycles. The second kappa shape index (κ2) is 6.49. The molecule has 5 nitrogen and oxygen atoms in total. The highest BCUT2D eigenvalue weighted by molar-refractivity contribution is 5.96. The highest BCUT2D eigenvalue weighted by Crippen LogP contribution is 2.32.